The highest BCUT2D eigenvalue weighted by Gasteiger charge is 2.29. The molecule has 9 nitrogen and oxygen atoms in total. The van der Waals surface area contributed by atoms with Gasteiger partial charge in [-0.1, -0.05) is 24.3 Å². The van der Waals surface area contributed by atoms with Crippen LogP contribution in [0.15, 0.2) is 64.3 Å². The first-order valence-electron chi connectivity index (χ1n) is 13.3. The van der Waals surface area contributed by atoms with E-state index in [-0.39, 0.29) is 29.5 Å². The van der Waals surface area contributed by atoms with Gasteiger partial charge in [-0.3, -0.25) is 14.4 Å². The highest BCUT2D eigenvalue weighted by molar-refractivity contribution is 7.99. The molecule has 0 heterocycles. The smallest absolute Gasteiger partial charge is 0.239 e. The summed E-state index contributed by atoms with van der Waals surface area (Å²) < 4.78 is 17.0. The zero-order chi connectivity index (χ0) is 29.4. The lowest BCUT2D eigenvalue weighted by Crippen LogP contribution is -2.32. The van der Waals surface area contributed by atoms with Crippen LogP contribution in [0.3, 0.4) is 0 Å². The normalized spacial score (nSPS) is 13.6. The molecule has 1 aliphatic carbocycles. The second-order valence-corrected chi connectivity index (χ2v) is 10.6. The van der Waals surface area contributed by atoms with Gasteiger partial charge in [0.2, 0.25) is 23.0 Å². The molecule has 10 heteroatoms. The lowest BCUT2D eigenvalue weighted by molar-refractivity contribution is -0.120. The topological polar surface area (TPSA) is 115 Å². The molecule has 0 aliphatic heterocycles. The van der Waals surface area contributed by atoms with Gasteiger partial charge in [-0.25, -0.2) is 0 Å². The molecule has 41 heavy (non-hydrogen) atoms. The van der Waals surface area contributed by atoms with E-state index in [4.69, 9.17) is 14.2 Å². The van der Waals surface area contributed by atoms with E-state index in [1.165, 1.54) is 13.0 Å². The van der Waals surface area contributed by atoms with Crippen molar-refractivity contribution >= 4 is 29.3 Å². The van der Waals surface area contributed by atoms with E-state index in [1.54, 1.807) is 39.2 Å². The van der Waals surface area contributed by atoms with Crippen molar-refractivity contribution in [3.8, 4) is 28.4 Å². The number of fused-ring (bicyclic) bond motifs is 3. The van der Waals surface area contributed by atoms with Crippen LogP contribution in [-0.2, 0) is 16.0 Å². The fraction of sp³-hybridized carbons (Fsp3) is 0.323. The maximum atomic E-state index is 13.4. The standard InChI is InChI=1S/C31H35N3O6S/c1-19(35)34-24-12-10-20-16-27(38-2)30(39-3)31(40-4)29(20)22-11-13-25(26(36)17-23(22)24)33-18-28(37)32-14-15-41-21-8-6-5-7-9-21/h5-9,11,13,16-17,24H,10,12,14-15,18H2,1-4H3,(H,32,37)(H,33,36)(H,34,35)/t24-/m0/s1. The zero-order valence-electron chi connectivity index (χ0n) is 23.7. The minimum absolute atomic E-state index is 0.0556. The van der Waals surface area contributed by atoms with E-state index < -0.39 is 6.04 Å². The Morgan fingerprint density at radius 2 is 1.73 bits per heavy atom. The van der Waals surface area contributed by atoms with Crippen LogP contribution < -0.4 is 35.6 Å². The van der Waals surface area contributed by atoms with Crippen molar-refractivity contribution in [1.82, 2.24) is 10.6 Å². The van der Waals surface area contributed by atoms with E-state index in [2.05, 4.69) is 16.0 Å². The van der Waals surface area contributed by atoms with Gasteiger partial charge < -0.3 is 30.2 Å². The number of carbonyl (C=O) groups excluding carboxylic acids is 2. The number of hydrogen-bond acceptors (Lipinski definition) is 8. The van der Waals surface area contributed by atoms with Gasteiger partial charge in [0.25, 0.3) is 0 Å². The molecule has 0 bridgehead atoms. The molecule has 0 radical (unpaired) electrons. The Morgan fingerprint density at radius 1 is 0.976 bits per heavy atom. The Bertz CT molecular complexity index is 1460. The van der Waals surface area contributed by atoms with E-state index >= 15 is 0 Å². The Hall–Kier alpha value is -4.18. The first kappa shape index (κ1) is 29.8. The summed E-state index contributed by atoms with van der Waals surface area (Å²) in [5.74, 6) is 1.76. The summed E-state index contributed by atoms with van der Waals surface area (Å²) in [6.45, 7) is 1.90. The molecule has 0 fully saturated rings. The number of aryl methyl sites for hydroxylation is 1. The van der Waals surface area contributed by atoms with Crippen LogP contribution in [0.4, 0.5) is 5.69 Å². The van der Waals surface area contributed by atoms with Crippen LogP contribution in [0.5, 0.6) is 17.2 Å². The summed E-state index contributed by atoms with van der Waals surface area (Å²) in [5, 5.41) is 8.86. The molecule has 3 aromatic rings. The molecule has 3 N–H and O–H groups in total. The fourth-order valence-corrected chi connectivity index (χ4v) is 5.76. The fourth-order valence-electron chi connectivity index (χ4n) is 4.97. The van der Waals surface area contributed by atoms with E-state index in [0.717, 1.165) is 27.3 Å². The van der Waals surface area contributed by atoms with Gasteiger partial charge in [-0.05, 0) is 59.9 Å². The maximum absolute atomic E-state index is 13.4. The van der Waals surface area contributed by atoms with Crippen molar-refractivity contribution in [1.29, 1.82) is 0 Å². The quantitative estimate of drug-likeness (QED) is 0.230. The SMILES string of the molecule is COc1cc2c(c(OC)c1OC)-c1ccc(NCC(=O)NCCSc3ccccc3)c(=O)cc1[C@@H](NC(C)=O)CC2. The number of rotatable bonds is 11. The Kier molecular flexibility index (Phi) is 10.1. The van der Waals surface area contributed by atoms with Crippen LogP contribution in [0.1, 0.15) is 30.5 Å². The highest BCUT2D eigenvalue weighted by Crippen LogP contribution is 2.50. The van der Waals surface area contributed by atoms with Gasteiger partial charge in [0.15, 0.2) is 11.5 Å². The molecule has 4 rings (SSSR count). The molecular weight excluding hydrogens is 542 g/mol. The number of ether oxygens (including phenoxy) is 3. The van der Waals surface area contributed by atoms with Gasteiger partial charge in [-0.2, -0.15) is 0 Å². The predicted octanol–water partition coefficient (Wildman–Crippen LogP) is 4.18. The molecule has 216 valence electrons. The average Bonchev–Trinajstić information content (AvgIpc) is 3.21. The van der Waals surface area contributed by atoms with Crippen molar-refractivity contribution in [2.75, 3.05) is 45.5 Å². The molecule has 0 saturated carbocycles. The van der Waals surface area contributed by atoms with Crippen molar-refractivity contribution in [2.45, 2.75) is 30.7 Å². The third-order valence-corrected chi connectivity index (χ3v) is 7.81. The first-order chi connectivity index (χ1) is 19.9. The first-order valence-corrected chi connectivity index (χ1v) is 14.3. The lowest BCUT2D eigenvalue weighted by Gasteiger charge is -2.19. The number of hydrogen-bond donors (Lipinski definition) is 3. The molecule has 1 aliphatic rings. The second kappa shape index (κ2) is 13.9. The second-order valence-electron chi connectivity index (χ2n) is 9.46. The Morgan fingerprint density at radius 3 is 2.41 bits per heavy atom. The van der Waals surface area contributed by atoms with Crippen LogP contribution >= 0.6 is 11.8 Å². The van der Waals surface area contributed by atoms with Crippen molar-refractivity contribution in [3.63, 3.8) is 0 Å². The van der Waals surface area contributed by atoms with Crippen LogP contribution in [0.2, 0.25) is 0 Å². The van der Waals surface area contributed by atoms with E-state index in [9.17, 15) is 14.4 Å². The van der Waals surface area contributed by atoms with Gasteiger partial charge in [0.1, 0.15) is 0 Å². The number of anilines is 1. The zero-order valence-corrected chi connectivity index (χ0v) is 24.5. The van der Waals surface area contributed by atoms with Crippen LogP contribution in [0, 0.1) is 0 Å². The van der Waals surface area contributed by atoms with Crippen LogP contribution in [-0.4, -0.2) is 52.0 Å². The van der Waals surface area contributed by atoms with Gasteiger partial charge in [-0.15, -0.1) is 11.8 Å². The lowest BCUT2D eigenvalue weighted by atomic mass is 9.95. The third-order valence-electron chi connectivity index (χ3n) is 6.79. The molecular formula is C31H35N3O6S. The summed E-state index contributed by atoms with van der Waals surface area (Å²) in [6, 6.07) is 16.5. The van der Waals surface area contributed by atoms with Crippen molar-refractivity contribution in [2.24, 2.45) is 0 Å². The van der Waals surface area contributed by atoms with E-state index in [1.807, 2.05) is 42.5 Å². The minimum atomic E-state index is -0.407. The number of amides is 2. The van der Waals surface area contributed by atoms with Crippen LogP contribution in [0.25, 0.3) is 11.1 Å². The summed E-state index contributed by atoms with van der Waals surface area (Å²) in [7, 11) is 4.66. The summed E-state index contributed by atoms with van der Waals surface area (Å²) in [4.78, 5) is 39.1. The van der Waals surface area contributed by atoms with Gasteiger partial charge >= 0.3 is 0 Å². The number of thioether (sulfide) groups is 1. The maximum Gasteiger partial charge on any atom is 0.239 e. The predicted molar refractivity (Wildman–Crippen MR) is 161 cm³/mol. The summed E-state index contributed by atoms with van der Waals surface area (Å²) >= 11 is 1.66. The number of nitrogens with one attached hydrogen (secondary N) is 3. The monoisotopic (exact) mass is 577 g/mol. The van der Waals surface area contributed by atoms with Crippen molar-refractivity contribution < 1.29 is 23.8 Å². The number of methoxy groups -OCH3 is 3. The Balaban J connectivity index is 1.61. The Labute approximate surface area is 244 Å². The molecule has 1 atom stereocenters. The number of benzene rings is 2. The molecule has 0 unspecified atom stereocenters. The van der Waals surface area contributed by atoms with Gasteiger partial charge in [0.05, 0.1) is 39.6 Å². The summed E-state index contributed by atoms with van der Waals surface area (Å²) in [5.41, 5.74) is 3.07. The molecule has 2 amide bonds. The van der Waals surface area contributed by atoms with Crippen molar-refractivity contribution in [3.05, 3.63) is 75.9 Å². The third kappa shape index (κ3) is 7.13. The summed E-state index contributed by atoms with van der Waals surface area (Å²) in [6.07, 6.45) is 1.17. The molecule has 0 saturated heterocycles. The largest absolute Gasteiger partial charge is 0.493 e. The minimum Gasteiger partial charge on any atom is -0.493 e. The number of carbonyl (C=O) groups is 2. The van der Waals surface area contributed by atoms with E-state index in [0.29, 0.717) is 42.2 Å². The molecule has 3 aromatic carbocycles. The highest BCUT2D eigenvalue weighted by atomic mass is 32.2. The molecule has 0 aromatic heterocycles. The average molecular weight is 578 g/mol. The molecule has 0 spiro atoms. The van der Waals surface area contributed by atoms with Gasteiger partial charge in [0, 0.05) is 29.7 Å².